The molecule has 0 spiro atoms. The van der Waals surface area contributed by atoms with Gasteiger partial charge < -0.3 is 10.0 Å². The van der Waals surface area contributed by atoms with Crippen LogP contribution in [-0.4, -0.2) is 44.8 Å². The average molecular weight is 331 g/mol. The lowest BCUT2D eigenvalue weighted by Gasteiger charge is -2.32. The van der Waals surface area contributed by atoms with E-state index in [0.29, 0.717) is 13.0 Å². The quantitative estimate of drug-likeness (QED) is 0.925. The zero-order valence-electron chi connectivity index (χ0n) is 15.3. The summed E-state index contributed by atoms with van der Waals surface area (Å²) < 4.78 is 2.01. The molecule has 132 valence electrons. The van der Waals surface area contributed by atoms with Crippen molar-refractivity contribution in [3.05, 3.63) is 28.7 Å². The molecule has 0 amide bonds. The number of likely N-dealkylation sites (tertiary alicyclic amines) is 1. The van der Waals surface area contributed by atoms with Crippen LogP contribution in [0.4, 0.5) is 0 Å². The molecule has 3 rings (SSSR count). The fourth-order valence-electron chi connectivity index (χ4n) is 3.93. The smallest absolute Gasteiger partial charge is 0.167 e. The van der Waals surface area contributed by atoms with Crippen molar-refractivity contribution in [1.82, 2.24) is 14.7 Å². The van der Waals surface area contributed by atoms with E-state index in [9.17, 15) is 9.90 Å². The van der Waals surface area contributed by atoms with E-state index < -0.39 is 0 Å². The fraction of sp³-hybridized carbons (Fsp3) is 0.684. The minimum absolute atomic E-state index is 0.00999. The predicted octanol–water partition coefficient (Wildman–Crippen LogP) is 2.71. The molecule has 0 aromatic carbocycles. The molecule has 0 bridgehead atoms. The highest BCUT2D eigenvalue weighted by Gasteiger charge is 2.35. The Morgan fingerprint density at radius 3 is 2.67 bits per heavy atom. The van der Waals surface area contributed by atoms with Crippen LogP contribution in [0.3, 0.4) is 0 Å². The number of ketones is 1. The number of allylic oxidation sites excluding steroid dienone is 2. The van der Waals surface area contributed by atoms with E-state index in [4.69, 9.17) is 0 Å². The van der Waals surface area contributed by atoms with Crippen LogP contribution >= 0.6 is 0 Å². The minimum atomic E-state index is -0.150. The standard InChI is InChI=1S/C19H29N3O2/c1-13(21-8-6-15(23)7-9-21)5-10-22-16-11-19(3,4)12-17(24)18(16)14(2)20-22/h5,15,23H,6-12H2,1-4H3/b13-5+. The molecule has 1 aliphatic heterocycles. The van der Waals surface area contributed by atoms with Crippen molar-refractivity contribution < 1.29 is 9.90 Å². The number of fused-ring (bicyclic) bond motifs is 1. The fourth-order valence-corrected chi connectivity index (χ4v) is 3.93. The maximum absolute atomic E-state index is 12.5. The highest BCUT2D eigenvalue weighted by Crippen LogP contribution is 2.36. The lowest BCUT2D eigenvalue weighted by molar-refractivity contribution is 0.0909. The molecule has 0 saturated carbocycles. The van der Waals surface area contributed by atoms with Gasteiger partial charge in [-0.25, -0.2) is 0 Å². The van der Waals surface area contributed by atoms with Gasteiger partial charge in [0.2, 0.25) is 0 Å². The van der Waals surface area contributed by atoms with E-state index in [1.165, 1.54) is 5.70 Å². The number of rotatable bonds is 3. The van der Waals surface area contributed by atoms with Crippen molar-refractivity contribution in [2.45, 2.75) is 66.0 Å². The van der Waals surface area contributed by atoms with Gasteiger partial charge in [0.25, 0.3) is 0 Å². The van der Waals surface area contributed by atoms with Gasteiger partial charge in [0.1, 0.15) is 0 Å². The lowest BCUT2D eigenvalue weighted by Crippen LogP contribution is -2.34. The van der Waals surface area contributed by atoms with Crippen molar-refractivity contribution >= 4 is 5.78 Å². The van der Waals surface area contributed by atoms with E-state index in [1.807, 2.05) is 11.6 Å². The summed E-state index contributed by atoms with van der Waals surface area (Å²) in [6, 6.07) is 0. The first-order chi connectivity index (χ1) is 11.3. The normalized spacial score (nSPS) is 22.0. The molecule has 1 aliphatic carbocycles. The Hall–Kier alpha value is -1.62. The van der Waals surface area contributed by atoms with Crippen LogP contribution < -0.4 is 0 Å². The summed E-state index contributed by atoms with van der Waals surface area (Å²) in [4.78, 5) is 14.8. The third-order valence-electron chi connectivity index (χ3n) is 5.32. The van der Waals surface area contributed by atoms with Gasteiger partial charge in [-0.3, -0.25) is 9.48 Å². The number of carbonyl (C=O) groups excluding carboxylic acids is 1. The number of nitrogens with zero attached hydrogens (tertiary/aromatic N) is 3. The van der Waals surface area contributed by atoms with Gasteiger partial charge in [-0.1, -0.05) is 13.8 Å². The molecular weight excluding hydrogens is 302 g/mol. The Labute approximate surface area is 144 Å². The largest absolute Gasteiger partial charge is 0.393 e. The van der Waals surface area contributed by atoms with Gasteiger partial charge in [0, 0.05) is 25.2 Å². The van der Waals surface area contributed by atoms with Crippen molar-refractivity contribution in [2.24, 2.45) is 5.41 Å². The lowest BCUT2D eigenvalue weighted by atomic mass is 9.75. The highest BCUT2D eigenvalue weighted by molar-refractivity contribution is 5.99. The van der Waals surface area contributed by atoms with Gasteiger partial charge in [0.05, 0.1) is 29.6 Å². The van der Waals surface area contributed by atoms with Crippen LogP contribution in [0.5, 0.6) is 0 Å². The molecular formula is C19H29N3O2. The zero-order chi connectivity index (χ0) is 17.5. The first-order valence-electron chi connectivity index (χ1n) is 8.96. The number of hydrogen-bond acceptors (Lipinski definition) is 4. The van der Waals surface area contributed by atoms with E-state index in [-0.39, 0.29) is 17.3 Å². The number of piperidine rings is 1. The molecule has 5 heteroatoms. The molecule has 0 unspecified atom stereocenters. The van der Waals surface area contributed by atoms with Gasteiger partial charge in [0.15, 0.2) is 5.78 Å². The van der Waals surface area contributed by atoms with E-state index >= 15 is 0 Å². The van der Waals surface area contributed by atoms with Crippen LogP contribution in [0.1, 0.15) is 61.8 Å². The molecule has 1 aromatic rings. The maximum atomic E-state index is 12.5. The van der Waals surface area contributed by atoms with Crippen LogP contribution in [0.2, 0.25) is 0 Å². The number of aliphatic hydroxyl groups is 1. The first-order valence-corrected chi connectivity index (χ1v) is 8.96. The molecule has 2 aliphatic rings. The molecule has 2 heterocycles. The van der Waals surface area contributed by atoms with E-state index in [0.717, 1.165) is 49.3 Å². The first kappa shape index (κ1) is 17.2. The summed E-state index contributed by atoms with van der Waals surface area (Å²) in [5.74, 6) is 0.232. The maximum Gasteiger partial charge on any atom is 0.167 e. The SMILES string of the molecule is C/C(=C\Cn1nc(C)c2c1CC(C)(C)CC2=O)N1CCC(O)CC1. The second kappa shape index (κ2) is 6.36. The van der Waals surface area contributed by atoms with Crippen LogP contribution in [0.25, 0.3) is 0 Å². The summed E-state index contributed by atoms with van der Waals surface area (Å²) in [6.45, 7) is 10.9. The predicted molar refractivity (Wildman–Crippen MR) is 94.0 cm³/mol. The summed E-state index contributed by atoms with van der Waals surface area (Å²) in [5, 5.41) is 14.3. The number of aromatic nitrogens is 2. The summed E-state index contributed by atoms with van der Waals surface area (Å²) in [6.07, 6.45) is 5.23. The van der Waals surface area contributed by atoms with Gasteiger partial charge in [-0.15, -0.1) is 0 Å². The second-order valence-corrected chi connectivity index (χ2v) is 8.09. The zero-order valence-corrected chi connectivity index (χ0v) is 15.3. The third kappa shape index (κ3) is 3.41. The summed E-state index contributed by atoms with van der Waals surface area (Å²) >= 11 is 0. The number of carbonyl (C=O) groups is 1. The Balaban J connectivity index is 1.78. The van der Waals surface area contributed by atoms with Gasteiger partial charge in [-0.2, -0.15) is 5.10 Å². The molecule has 5 nitrogen and oxygen atoms in total. The Morgan fingerprint density at radius 2 is 2.00 bits per heavy atom. The van der Waals surface area contributed by atoms with E-state index in [2.05, 4.69) is 36.8 Å². The number of aliphatic hydroxyl groups excluding tert-OH is 1. The second-order valence-electron chi connectivity index (χ2n) is 8.09. The summed E-state index contributed by atoms with van der Waals surface area (Å²) in [7, 11) is 0. The molecule has 0 radical (unpaired) electrons. The molecule has 1 aromatic heterocycles. The number of Topliss-reactive ketones (excluding diaryl/α,β-unsaturated/α-hetero) is 1. The van der Waals surface area contributed by atoms with Crippen LogP contribution in [0, 0.1) is 12.3 Å². The highest BCUT2D eigenvalue weighted by atomic mass is 16.3. The Bertz CT molecular complexity index is 664. The van der Waals surface area contributed by atoms with E-state index in [1.54, 1.807) is 0 Å². The van der Waals surface area contributed by atoms with Crippen LogP contribution in [-0.2, 0) is 13.0 Å². The topological polar surface area (TPSA) is 58.4 Å². The van der Waals surface area contributed by atoms with Crippen LogP contribution in [0.15, 0.2) is 11.8 Å². The monoisotopic (exact) mass is 331 g/mol. The molecule has 0 atom stereocenters. The Kier molecular flexibility index (Phi) is 4.56. The van der Waals surface area contributed by atoms with Gasteiger partial charge in [-0.05, 0) is 44.6 Å². The van der Waals surface area contributed by atoms with Crippen molar-refractivity contribution in [3.8, 4) is 0 Å². The van der Waals surface area contributed by atoms with Crippen molar-refractivity contribution in [3.63, 3.8) is 0 Å². The minimum Gasteiger partial charge on any atom is -0.393 e. The molecule has 1 fully saturated rings. The number of aryl methyl sites for hydroxylation is 1. The summed E-state index contributed by atoms with van der Waals surface area (Å²) in [5.41, 5.74) is 4.03. The van der Waals surface area contributed by atoms with Crippen molar-refractivity contribution in [1.29, 1.82) is 0 Å². The van der Waals surface area contributed by atoms with Crippen molar-refractivity contribution in [2.75, 3.05) is 13.1 Å². The molecule has 1 saturated heterocycles. The third-order valence-corrected chi connectivity index (χ3v) is 5.32. The molecule has 1 N–H and O–H groups in total. The Morgan fingerprint density at radius 1 is 1.33 bits per heavy atom. The average Bonchev–Trinajstić information content (AvgIpc) is 2.80. The number of hydrogen-bond donors (Lipinski definition) is 1. The van der Waals surface area contributed by atoms with Gasteiger partial charge >= 0.3 is 0 Å². The molecule has 24 heavy (non-hydrogen) atoms.